The quantitative estimate of drug-likeness (QED) is 0.666. The van der Waals surface area contributed by atoms with Gasteiger partial charge in [0.2, 0.25) is 0 Å². The van der Waals surface area contributed by atoms with Crippen LogP contribution in [0.5, 0.6) is 0 Å². The summed E-state index contributed by atoms with van der Waals surface area (Å²) < 4.78 is 0. The third-order valence-electron chi connectivity index (χ3n) is 2.95. The summed E-state index contributed by atoms with van der Waals surface area (Å²) in [5, 5.41) is 3.57. The lowest BCUT2D eigenvalue weighted by Gasteiger charge is -2.17. The predicted octanol–water partition coefficient (Wildman–Crippen LogP) is 3.49. The number of nitrogens with one attached hydrogen (secondary N) is 1. The van der Waals surface area contributed by atoms with Gasteiger partial charge in [-0.3, -0.25) is 0 Å². The van der Waals surface area contributed by atoms with Crippen LogP contribution < -0.4 is 5.32 Å². The molecule has 0 saturated heterocycles. The average Bonchev–Trinajstić information content (AvgIpc) is 2.39. The van der Waals surface area contributed by atoms with Crippen LogP contribution in [0.15, 0.2) is 18.6 Å². The van der Waals surface area contributed by atoms with Crippen molar-refractivity contribution in [3.8, 4) is 0 Å². The Bertz CT molecular complexity index is 274. The maximum absolute atomic E-state index is 4.36. The van der Waals surface area contributed by atoms with Crippen LogP contribution in [0.1, 0.15) is 64.1 Å². The molecule has 1 rings (SSSR count). The van der Waals surface area contributed by atoms with Gasteiger partial charge >= 0.3 is 0 Å². The summed E-state index contributed by atoms with van der Waals surface area (Å²) in [6, 6.07) is 2.42. The molecule has 0 amide bonds. The number of hydrogen-bond donors (Lipinski definition) is 1. The molecule has 1 atom stereocenters. The van der Waals surface area contributed by atoms with Gasteiger partial charge in [0.05, 0.1) is 5.69 Å². The molecular formula is C14H25N3. The van der Waals surface area contributed by atoms with E-state index >= 15 is 0 Å². The molecule has 3 heteroatoms. The molecule has 1 aromatic rings. The summed E-state index contributed by atoms with van der Waals surface area (Å²) in [5.74, 6) is 0. The van der Waals surface area contributed by atoms with Crippen molar-refractivity contribution in [3.05, 3.63) is 24.3 Å². The Balaban J connectivity index is 2.43. The fourth-order valence-corrected chi connectivity index (χ4v) is 1.96. The fraction of sp³-hybridized carbons (Fsp3) is 0.714. The van der Waals surface area contributed by atoms with Gasteiger partial charge in [-0.05, 0) is 25.5 Å². The maximum atomic E-state index is 4.36. The highest BCUT2D eigenvalue weighted by Crippen LogP contribution is 2.17. The Kier molecular flexibility index (Phi) is 7.56. The molecule has 1 aromatic heterocycles. The van der Waals surface area contributed by atoms with E-state index < -0.39 is 0 Å². The molecule has 0 aliphatic rings. The zero-order chi connectivity index (χ0) is 12.3. The summed E-state index contributed by atoms with van der Waals surface area (Å²) in [4.78, 5) is 8.34. The fourth-order valence-electron chi connectivity index (χ4n) is 1.96. The standard InChI is InChI=1S/C14H25N3/c1-3-5-6-7-8-13(16-10-4-2)14-9-11-15-12-17-14/h9,11-13,16H,3-8,10H2,1-2H3. The van der Waals surface area contributed by atoms with Crippen molar-refractivity contribution >= 4 is 0 Å². The first-order valence-corrected chi connectivity index (χ1v) is 6.87. The van der Waals surface area contributed by atoms with Gasteiger partial charge in [-0.15, -0.1) is 0 Å². The van der Waals surface area contributed by atoms with Gasteiger partial charge in [0, 0.05) is 12.2 Å². The summed E-state index contributed by atoms with van der Waals surface area (Å²) >= 11 is 0. The number of aromatic nitrogens is 2. The average molecular weight is 235 g/mol. The number of rotatable bonds is 9. The van der Waals surface area contributed by atoms with Crippen LogP contribution in [0.3, 0.4) is 0 Å². The minimum atomic E-state index is 0.398. The Labute approximate surface area is 105 Å². The van der Waals surface area contributed by atoms with E-state index in [4.69, 9.17) is 0 Å². The molecule has 0 saturated carbocycles. The molecule has 0 fully saturated rings. The van der Waals surface area contributed by atoms with Crippen molar-refractivity contribution in [2.45, 2.75) is 58.4 Å². The first kappa shape index (κ1) is 14.1. The molecular weight excluding hydrogens is 210 g/mol. The van der Waals surface area contributed by atoms with Crippen LogP contribution >= 0.6 is 0 Å². The van der Waals surface area contributed by atoms with Gasteiger partial charge in [-0.1, -0.05) is 39.5 Å². The van der Waals surface area contributed by atoms with Crippen molar-refractivity contribution in [2.24, 2.45) is 0 Å². The van der Waals surface area contributed by atoms with Crippen LogP contribution in [-0.2, 0) is 0 Å². The minimum absolute atomic E-state index is 0.398. The monoisotopic (exact) mass is 235 g/mol. The van der Waals surface area contributed by atoms with E-state index in [-0.39, 0.29) is 0 Å². The Morgan fingerprint density at radius 1 is 1.18 bits per heavy atom. The molecule has 0 aromatic carbocycles. The second-order valence-electron chi connectivity index (χ2n) is 4.49. The molecule has 1 heterocycles. The van der Waals surface area contributed by atoms with Crippen molar-refractivity contribution < 1.29 is 0 Å². The first-order valence-electron chi connectivity index (χ1n) is 6.87. The van der Waals surface area contributed by atoms with Gasteiger partial charge in [0.25, 0.3) is 0 Å². The van der Waals surface area contributed by atoms with E-state index in [1.165, 1.54) is 32.1 Å². The predicted molar refractivity (Wildman–Crippen MR) is 71.8 cm³/mol. The molecule has 1 N–H and O–H groups in total. The van der Waals surface area contributed by atoms with Crippen LogP contribution in [-0.4, -0.2) is 16.5 Å². The summed E-state index contributed by atoms with van der Waals surface area (Å²) in [7, 11) is 0. The van der Waals surface area contributed by atoms with Crippen molar-refractivity contribution in [1.82, 2.24) is 15.3 Å². The van der Waals surface area contributed by atoms with Gasteiger partial charge in [-0.25, -0.2) is 9.97 Å². The second-order valence-corrected chi connectivity index (χ2v) is 4.49. The van der Waals surface area contributed by atoms with E-state index in [1.807, 2.05) is 12.3 Å². The Hall–Kier alpha value is -0.960. The van der Waals surface area contributed by atoms with E-state index in [9.17, 15) is 0 Å². The number of nitrogens with zero attached hydrogens (tertiary/aromatic N) is 2. The van der Waals surface area contributed by atoms with Crippen molar-refractivity contribution in [1.29, 1.82) is 0 Å². The van der Waals surface area contributed by atoms with Crippen molar-refractivity contribution in [2.75, 3.05) is 6.54 Å². The zero-order valence-corrected chi connectivity index (χ0v) is 11.2. The normalized spacial score (nSPS) is 12.6. The van der Waals surface area contributed by atoms with Crippen LogP contribution in [0.2, 0.25) is 0 Å². The summed E-state index contributed by atoms with van der Waals surface area (Å²) in [6.07, 6.45) is 11.0. The molecule has 0 aliphatic heterocycles. The van der Waals surface area contributed by atoms with Gasteiger partial charge in [0.1, 0.15) is 6.33 Å². The SMILES string of the molecule is CCCCCCC(NCCC)c1ccncn1. The van der Waals surface area contributed by atoms with Gasteiger partial charge in [0.15, 0.2) is 0 Å². The smallest absolute Gasteiger partial charge is 0.115 e. The highest BCUT2D eigenvalue weighted by Gasteiger charge is 2.10. The lowest BCUT2D eigenvalue weighted by atomic mass is 10.0. The minimum Gasteiger partial charge on any atom is -0.309 e. The van der Waals surface area contributed by atoms with Crippen molar-refractivity contribution in [3.63, 3.8) is 0 Å². The molecule has 0 aliphatic carbocycles. The molecule has 3 nitrogen and oxygen atoms in total. The maximum Gasteiger partial charge on any atom is 0.115 e. The zero-order valence-electron chi connectivity index (χ0n) is 11.2. The van der Waals surface area contributed by atoms with E-state index in [0.29, 0.717) is 6.04 Å². The molecule has 17 heavy (non-hydrogen) atoms. The topological polar surface area (TPSA) is 37.8 Å². The molecule has 0 radical (unpaired) electrons. The number of hydrogen-bond acceptors (Lipinski definition) is 3. The number of unbranched alkanes of at least 4 members (excludes halogenated alkanes) is 3. The summed E-state index contributed by atoms with van der Waals surface area (Å²) in [6.45, 7) is 5.50. The molecule has 96 valence electrons. The van der Waals surface area contributed by atoms with Gasteiger partial charge < -0.3 is 5.32 Å². The highest BCUT2D eigenvalue weighted by molar-refractivity contribution is 5.04. The highest BCUT2D eigenvalue weighted by atomic mass is 14.9. The molecule has 0 bridgehead atoms. The third-order valence-corrected chi connectivity index (χ3v) is 2.95. The molecule has 0 spiro atoms. The second kappa shape index (κ2) is 9.11. The van der Waals surface area contributed by atoms with E-state index in [2.05, 4.69) is 29.1 Å². The van der Waals surface area contributed by atoms with E-state index in [1.54, 1.807) is 6.33 Å². The summed E-state index contributed by atoms with van der Waals surface area (Å²) in [5.41, 5.74) is 1.13. The Morgan fingerprint density at radius 2 is 2.06 bits per heavy atom. The lowest BCUT2D eigenvalue weighted by molar-refractivity contribution is 0.461. The van der Waals surface area contributed by atoms with Crippen LogP contribution in [0, 0.1) is 0 Å². The third kappa shape index (κ3) is 5.78. The molecule has 1 unspecified atom stereocenters. The van der Waals surface area contributed by atoms with E-state index in [0.717, 1.165) is 18.7 Å². The lowest BCUT2D eigenvalue weighted by Crippen LogP contribution is -2.23. The first-order chi connectivity index (χ1) is 8.38. The van der Waals surface area contributed by atoms with Crippen LogP contribution in [0.4, 0.5) is 0 Å². The van der Waals surface area contributed by atoms with Crippen LogP contribution in [0.25, 0.3) is 0 Å². The van der Waals surface area contributed by atoms with Gasteiger partial charge in [-0.2, -0.15) is 0 Å². The Morgan fingerprint density at radius 3 is 2.71 bits per heavy atom. The largest absolute Gasteiger partial charge is 0.309 e.